The molecule has 1 N–H and O–H groups in total. The average Bonchev–Trinajstić information content (AvgIpc) is 3.23. The van der Waals surface area contributed by atoms with Crippen molar-refractivity contribution in [3.05, 3.63) is 59.5 Å². The zero-order valence-corrected chi connectivity index (χ0v) is 19.2. The number of furan rings is 1. The predicted molar refractivity (Wildman–Crippen MR) is 119 cm³/mol. The number of amides is 2. The Kier molecular flexibility index (Phi) is 8.25. The molecule has 176 valence electrons. The number of nitrogens with one attached hydrogen (secondary N) is 1. The van der Waals surface area contributed by atoms with Gasteiger partial charge in [-0.1, -0.05) is 30.3 Å². The summed E-state index contributed by atoms with van der Waals surface area (Å²) in [6.07, 6.45) is -0.283. The van der Waals surface area contributed by atoms with E-state index in [2.05, 4.69) is 5.32 Å². The summed E-state index contributed by atoms with van der Waals surface area (Å²) < 4.78 is 36.5. The van der Waals surface area contributed by atoms with Crippen molar-refractivity contribution >= 4 is 21.7 Å². The molecule has 2 heterocycles. The van der Waals surface area contributed by atoms with Crippen LogP contribution >= 0.6 is 0 Å². The first-order valence-electron chi connectivity index (χ1n) is 10.6. The molecule has 2 unspecified atom stereocenters. The van der Waals surface area contributed by atoms with Gasteiger partial charge in [-0.05, 0) is 24.6 Å². The number of rotatable bonds is 9. The first-order chi connectivity index (χ1) is 15.8. The monoisotopic (exact) mass is 473 g/mol. The largest absolute Gasteiger partial charge is 0.463 e. The highest BCUT2D eigenvalue weighted by Gasteiger charge is 2.32. The Morgan fingerprint density at radius 1 is 1.15 bits per heavy atom. The fourth-order valence-corrected chi connectivity index (χ4v) is 5.31. The molecule has 0 saturated carbocycles. The molecule has 1 fully saturated rings. The topological polar surface area (TPSA) is 130 Å². The van der Waals surface area contributed by atoms with Gasteiger partial charge in [-0.2, -0.15) is 5.26 Å². The first-order valence-corrected chi connectivity index (χ1v) is 12.5. The normalized spacial score (nSPS) is 15.9. The second-order valence-corrected chi connectivity index (χ2v) is 10.1. The molecule has 3 rings (SSSR count). The van der Waals surface area contributed by atoms with E-state index in [9.17, 15) is 23.3 Å². The molecular formula is C23H27N3O6S. The Labute approximate surface area is 193 Å². The molecule has 33 heavy (non-hydrogen) atoms. The van der Waals surface area contributed by atoms with Gasteiger partial charge in [-0.25, -0.2) is 8.42 Å². The molecule has 2 atom stereocenters. The third-order valence-electron chi connectivity index (χ3n) is 5.30. The molecular weight excluding hydrogens is 446 g/mol. The van der Waals surface area contributed by atoms with E-state index in [1.54, 1.807) is 54.3 Å². The molecule has 0 aliphatic carbocycles. The molecule has 1 saturated heterocycles. The third-order valence-corrected chi connectivity index (χ3v) is 6.98. The van der Waals surface area contributed by atoms with Crippen molar-refractivity contribution in [1.82, 2.24) is 10.2 Å². The van der Waals surface area contributed by atoms with Crippen LogP contribution in [0.2, 0.25) is 0 Å². The Morgan fingerprint density at radius 3 is 2.45 bits per heavy atom. The van der Waals surface area contributed by atoms with Crippen LogP contribution in [0.5, 0.6) is 0 Å². The van der Waals surface area contributed by atoms with Crippen molar-refractivity contribution in [2.24, 2.45) is 5.92 Å². The van der Waals surface area contributed by atoms with Crippen molar-refractivity contribution in [2.75, 3.05) is 32.1 Å². The summed E-state index contributed by atoms with van der Waals surface area (Å²) in [4.78, 5) is 27.4. The third kappa shape index (κ3) is 7.17. The van der Waals surface area contributed by atoms with Gasteiger partial charge in [0.05, 0.1) is 36.7 Å². The molecule has 1 aliphatic rings. The Hall–Kier alpha value is -3.16. The van der Waals surface area contributed by atoms with Gasteiger partial charge >= 0.3 is 0 Å². The molecule has 10 heteroatoms. The fourth-order valence-electron chi connectivity index (χ4n) is 3.61. The van der Waals surface area contributed by atoms with E-state index in [0.717, 1.165) is 0 Å². The quantitative estimate of drug-likeness (QED) is 0.587. The van der Waals surface area contributed by atoms with Crippen molar-refractivity contribution in [3.8, 4) is 6.07 Å². The number of nitriles is 1. The zero-order valence-electron chi connectivity index (χ0n) is 18.4. The van der Waals surface area contributed by atoms with E-state index < -0.39 is 33.5 Å². The van der Waals surface area contributed by atoms with Gasteiger partial charge in [0.2, 0.25) is 11.8 Å². The maximum Gasteiger partial charge on any atom is 0.226 e. The summed E-state index contributed by atoms with van der Waals surface area (Å²) in [5, 5.41) is 12.0. The highest BCUT2D eigenvalue weighted by atomic mass is 32.2. The molecule has 2 aromatic rings. The second kappa shape index (κ2) is 11.1. The molecule has 0 spiro atoms. The number of hydrogen-bond donors (Lipinski definition) is 1. The number of carbonyl (C=O) groups is 2. The van der Waals surface area contributed by atoms with E-state index in [0.29, 0.717) is 37.6 Å². The zero-order chi connectivity index (χ0) is 23.8. The lowest BCUT2D eigenvalue weighted by Gasteiger charge is -2.28. The summed E-state index contributed by atoms with van der Waals surface area (Å²) in [7, 11) is -3.72. The minimum atomic E-state index is -3.72. The van der Waals surface area contributed by atoms with Crippen LogP contribution in [0.25, 0.3) is 0 Å². The number of benzene rings is 1. The smallest absolute Gasteiger partial charge is 0.226 e. The summed E-state index contributed by atoms with van der Waals surface area (Å²) in [6, 6.07) is 12.7. The number of nitrogens with zero attached hydrogens (tertiary/aromatic N) is 2. The van der Waals surface area contributed by atoms with Gasteiger partial charge in [0.15, 0.2) is 15.9 Å². The number of hydrogen-bond acceptors (Lipinski definition) is 7. The lowest BCUT2D eigenvalue weighted by atomic mass is 10.0. The molecule has 1 aromatic heterocycles. The van der Waals surface area contributed by atoms with Crippen LogP contribution in [0.15, 0.2) is 46.9 Å². The number of carbonyl (C=O) groups excluding carboxylic acids is 2. The summed E-state index contributed by atoms with van der Waals surface area (Å²) in [5.74, 6) is -2.11. The first kappa shape index (κ1) is 24.5. The van der Waals surface area contributed by atoms with Crippen molar-refractivity contribution < 1.29 is 27.2 Å². The number of sulfone groups is 1. The Balaban J connectivity index is 1.76. The van der Waals surface area contributed by atoms with E-state index in [1.165, 1.54) is 0 Å². The molecule has 1 aromatic carbocycles. The molecule has 0 bridgehead atoms. The van der Waals surface area contributed by atoms with Crippen LogP contribution in [0, 0.1) is 24.2 Å². The number of ether oxygens (including phenoxy) is 1. The minimum Gasteiger partial charge on any atom is -0.463 e. The van der Waals surface area contributed by atoms with Gasteiger partial charge in [0.1, 0.15) is 11.5 Å². The van der Waals surface area contributed by atoms with Gasteiger partial charge in [0.25, 0.3) is 0 Å². The second-order valence-electron chi connectivity index (χ2n) is 7.95. The van der Waals surface area contributed by atoms with Crippen molar-refractivity contribution in [2.45, 2.75) is 25.1 Å². The van der Waals surface area contributed by atoms with Crippen molar-refractivity contribution in [1.29, 1.82) is 5.26 Å². The van der Waals surface area contributed by atoms with E-state index >= 15 is 0 Å². The van der Waals surface area contributed by atoms with E-state index in [-0.39, 0.29) is 23.8 Å². The lowest BCUT2D eigenvalue weighted by Crippen LogP contribution is -2.44. The lowest BCUT2D eigenvalue weighted by molar-refractivity contribution is -0.139. The standard InChI is InChI=1S/C23H27N3O6S/c1-17-7-8-21(32-17)20(14-24)25-23(28)19(13-22(27)26-9-11-31-12-10-26)16-33(29,30)15-18-5-3-2-4-6-18/h2-8,19-20H,9-13,15-16H2,1H3,(H,25,28). The molecule has 9 nitrogen and oxygen atoms in total. The predicted octanol–water partition coefficient (Wildman–Crippen LogP) is 1.75. The Bertz CT molecular complexity index is 1100. The fraction of sp³-hybridized carbons (Fsp3) is 0.435. The maximum atomic E-state index is 13.1. The Morgan fingerprint density at radius 2 is 1.85 bits per heavy atom. The van der Waals surface area contributed by atoms with Crippen LogP contribution in [-0.2, 0) is 29.9 Å². The summed E-state index contributed by atoms with van der Waals surface area (Å²) in [6.45, 7) is 3.26. The van der Waals surface area contributed by atoms with Gasteiger partial charge in [0, 0.05) is 19.5 Å². The summed E-state index contributed by atoms with van der Waals surface area (Å²) >= 11 is 0. The maximum absolute atomic E-state index is 13.1. The highest BCUT2D eigenvalue weighted by Crippen LogP contribution is 2.19. The van der Waals surface area contributed by atoms with E-state index in [1.807, 2.05) is 6.07 Å². The van der Waals surface area contributed by atoms with E-state index in [4.69, 9.17) is 9.15 Å². The van der Waals surface area contributed by atoms with Crippen LogP contribution in [-0.4, -0.2) is 57.2 Å². The number of aryl methyl sites for hydroxylation is 1. The van der Waals surface area contributed by atoms with Gasteiger partial charge in [-0.15, -0.1) is 0 Å². The molecule has 0 radical (unpaired) electrons. The van der Waals surface area contributed by atoms with Gasteiger partial charge < -0.3 is 19.4 Å². The van der Waals surface area contributed by atoms with Crippen LogP contribution in [0.1, 0.15) is 29.5 Å². The molecule has 1 aliphatic heterocycles. The SMILES string of the molecule is Cc1ccc(C(C#N)NC(=O)C(CC(=O)N2CCOCC2)CS(=O)(=O)Cc2ccccc2)o1. The highest BCUT2D eigenvalue weighted by molar-refractivity contribution is 7.90. The summed E-state index contributed by atoms with van der Waals surface area (Å²) in [5.41, 5.74) is 0.595. The van der Waals surface area contributed by atoms with Crippen LogP contribution in [0.3, 0.4) is 0 Å². The van der Waals surface area contributed by atoms with Crippen LogP contribution < -0.4 is 5.32 Å². The van der Waals surface area contributed by atoms with Crippen molar-refractivity contribution in [3.63, 3.8) is 0 Å². The molecule has 2 amide bonds. The van der Waals surface area contributed by atoms with Gasteiger partial charge in [-0.3, -0.25) is 9.59 Å². The average molecular weight is 474 g/mol. The van der Waals surface area contributed by atoms with Crippen LogP contribution in [0.4, 0.5) is 0 Å². The minimum absolute atomic E-state index is 0.244. The number of morpholine rings is 1.